The van der Waals surface area contributed by atoms with E-state index in [1.54, 1.807) is 26.0 Å². The van der Waals surface area contributed by atoms with Gasteiger partial charge < -0.3 is 15.5 Å². The first-order valence-corrected chi connectivity index (χ1v) is 11.5. The molecule has 0 saturated carbocycles. The normalized spacial score (nSPS) is 11.5. The number of halogens is 1. The SMILES string of the molecule is CCS(=O)(=O)CNCCN(C)Cc1ccc(F)c(NC(=O)N(O)c2ccc(C)nc2)c1. The molecule has 31 heavy (non-hydrogen) atoms. The zero-order chi connectivity index (χ0) is 23.0. The predicted molar refractivity (Wildman–Crippen MR) is 117 cm³/mol. The van der Waals surface area contributed by atoms with Crippen LogP contribution >= 0.6 is 0 Å². The zero-order valence-electron chi connectivity index (χ0n) is 17.8. The van der Waals surface area contributed by atoms with Crippen molar-refractivity contribution in [3.63, 3.8) is 0 Å². The molecule has 0 saturated heterocycles. The summed E-state index contributed by atoms with van der Waals surface area (Å²) in [5.41, 5.74) is 1.55. The van der Waals surface area contributed by atoms with E-state index in [0.717, 1.165) is 11.3 Å². The van der Waals surface area contributed by atoms with Crippen LogP contribution in [0, 0.1) is 12.7 Å². The highest BCUT2D eigenvalue weighted by Gasteiger charge is 2.16. The number of carbonyl (C=O) groups is 1. The number of amides is 2. The number of nitrogens with one attached hydrogen (secondary N) is 2. The first kappa shape index (κ1) is 24.7. The summed E-state index contributed by atoms with van der Waals surface area (Å²) in [7, 11) is -1.22. The first-order valence-electron chi connectivity index (χ1n) is 9.72. The molecule has 2 aromatic rings. The molecule has 0 aliphatic carbocycles. The van der Waals surface area contributed by atoms with Gasteiger partial charge in [-0.15, -0.1) is 0 Å². The lowest BCUT2D eigenvalue weighted by molar-refractivity contribution is 0.215. The van der Waals surface area contributed by atoms with Crippen LogP contribution in [0.25, 0.3) is 0 Å². The van der Waals surface area contributed by atoms with E-state index in [2.05, 4.69) is 15.6 Å². The molecule has 1 aromatic carbocycles. The minimum Gasteiger partial charge on any atom is -0.303 e. The molecule has 170 valence electrons. The number of aromatic nitrogens is 1. The van der Waals surface area contributed by atoms with Crippen molar-refractivity contribution in [3.05, 3.63) is 53.6 Å². The summed E-state index contributed by atoms with van der Waals surface area (Å²) in [4.78, 5) is 18.2. The van der Waals surface area contributed by atoms with Crippen LogP contribution in [0.3, 0.4) is 0 Å². The van der Waals surface area contributed by atoms with Crippen LogP contribution in [-0.2, 0) is 16.4 Å². The molecule has 2 amide bonds. The number of nitrogens with zero attached hydrogens (tertiary/aromatic N) is 3. The van der Waals surface area contributed by atoms with Crippen molar-refractivity contribution < 1.29 is 22.8 Å². The Morgan fingerprint density at radius 1 is 1.26 bits per heavy atom. The van der Waals surface area contributed by atoms with E-state index >= 15 is 0 Å². The molecule has 0 bridgehead atoms. The van der Waals surface area contributed by atoms with Crippen molar-refractivity contribution in [2.75, 3.05) is 42.1 Å². The summed E-state index contributed by atoms with van der Waals surface area (Å²) in [5.74, 6) is -0.620. The van der Waals surface area contributed by atoms with E-state index < -0.39 is 21.7 Å². The topological polar surface area (TPSA) is 115 Å². The summed E-state index contributed by atoms with van der Waals surface area (Å²) < 4.78 is 37.1. The minimum absolute atomic E-state index is 0.0674. The van der Waals surface area contributed by atoms with Gasteiger partial charge in [-0.05, 0) is 43.8 Å². The predicted octanol–water partition coefficient (Wildman–Crippen LogP) is 2.37. The van der Waals surface area contributed by atoms with E-state index in [4.69, 9.17) is 0 Å². The molecule has 3 N–H and O–H groups in total. The van der Waals surface area contributed by atoms with Gasteiger partial charge in [0.05, 0.1) is 23.4 Å². The molecular weight excluding hydrogens is 425 g/mol. The molecule has 0 fully saturated rings. The number of anilines is 2. The molecule has 0 spiro atoms. The third-order valence-electron chi connectivity index (χ3n) is 4.49. The Morgan fingerprint density at radius 3 is 2.65 bits per heavy atom. The lowest BCUT2D eigenvalue weighted by atomic mass is 10.2. The number of sulfone groups is 1. The molecule has 0 atom stereocenters. The number of hydrogen-bond donors (Lipinski definition) is 3. The fraction of sp³-hybridized carbons (Fsp3) is 0.400. The van der Waals surface area contributed by atoms with E-state index in [1.807, 2.05) is 11.9 Å². The first-order chi connectivity index (χ1) is 14.6. The lowest BCUT2D eigenvalue weighted by Crippen LogP contribution is -2.33. The van der Waals surface area contributed by atoms with Crippen molar-refractivity contribution in [1.29, 1.82) is 0 Å². The van der Waals surface area contributed by atoms with Crippen molar-refractivity contribution in [2.45, 2.75) is 20.4 Å². The number of hydrogen-bond acceptors (Lipinski definition) is 7. The average molecular weight is 454 g/mol. The number of aryl methyl sites for hydroxylation is 1. The van der Waals surface area contributed by atoms with E-state index in [-0.39, 0.29) is 23.0 Å². The molecular formula is C20H28FN5O4S. The average Bonchev–Trinajstić information content (AvgIpc) is 2.73. The number of hydroxylamine groups is 1. The van der Waals surface area contributed by atoms with E-state index in [0.29, 0.717) is 24.7 Å². The highest BCUT2D eigenvalue weighted by molar-refractivity contribution is 7.91. The third-order valence-corrected chi connectivity index (χ3v) is 6.01. The van der Waals surface area contributed by atoms with Gasteiger partial charge in [0.15, 0.2) is 9.84 Å². The summed E-state index contributed by atoms with van der Waals surface area (Å²) in [6.45, 7) is 4.87. The van der Waals surface area contributed by atoms with Crippen LogP contribution in [0.5, 0.6) is 0 Å². The van der Waals surface area contributed by atoms with E-state index in [1.165, 1.54) is 24.4 Å². The fourth-order valence-corrected chi connectivity index (χ4v) is 3.29. The number of benzene rings is 1. The van der Waals surface area contributed by atoms with Gasteiger partial charge in [-0.2, -0.15) is 5.06 Å². The van der Waals surface area contributed by atoms with Gasteiger partial charge >= 0.3 is 6.03 Å². The van der Waals surface area contributed by atoms with Gasteiger partial charge in [0, 0.05) is 31.1 Å². The monoisotopic (exact) mass is 453 g/mol. The van der Waals surface area contributed by atoms with Crippen molar-refractivity contribution in [2.24, 2.45) is 0 Å². The largest absolute Gasteiger partial charge is 0.350 e. The molecule has 0 unspecified atom stereocenters. The quantitative estimate of drug-likeness (QED) is 0.287. The summed E-state index contributed by atoms with van der Waals surface area (Å²) in [6, 6.07) is 6.55. The Morgan fingerprint density at radius 2 is 2.00 bits per heavy atom. The second-order valence-corrected chi connectivity index (χ2v) is 9.48. The van der Waals surface area contributed by atoms with Gasteiger partial charge in [-0.25, -0.2) is 17.6 Å². The fourth-order valence-electron chi connectivity index (χ4n) is 2.63. The molecule has 2 rings (SSSR count). The number of pyridine rings is 1. The van der Waals surface area contributed by atoms with Crippen LogP contribution in [-0.4, -0.2) is 61.3 Å². The highest BCUT2D eigenvalue weighted by atomic mass is 32.2. The Hall–Kier alpha value is -2.60. The number of likely N-dealkylation sites (N-methyl/N-ethyl adjacent to an activating group) is 1. The standard InChI is InChI=1S/C20H28FN5O4S/c1-4-31(29,30)14-22-9-10-25(3)13-16-6-8-18(21)19(11-16)24-20(27)26(28)17-7-5-15(2)23-12-17/h5-8,11-12,22,28H,4,9-10,13-14H2,1-3H3,(H,24,27). The van der Waals surface area contributed by atoms with Crippen LogP contribution in [0.2, 0.25) is 0 Å². The van der Waals surface area contributed by atoms with Crippen LogP contribution in [0.4, 0.5) is 20.6 Å². The van der Waals surface area contributed by atoms with Crippen LogP contribution in [0.1, 0.15) is 18.2 Å². The second kappa shape index (κ2) is 11.1. The maximum atomic E-state index is 14.2. The van der Waals surface area contributed by atoms with Crippen molar-refractivity contribution >= 4 is 27.2 Å². The van der Waals surface area contributed by atoms with Crippen molar-refractivity contribution in [1.82, 2.24) is 15.2 Å². The van der Waals surface area contributed by atoms with Crippen LogP contribution < -0.4 is 15.7 Å². The third kappa shape index (κ3) is 7.87. The smallest absolute Gasteiger partial charge is 0.303 e. The second-order valence-electron chi connectivity index (χ2n) is 7.13. The Labute approximate surface area is 181 Å². The van der Waals surface area contributed by atoms with Gasteiger partial charge in [-0.1, -0.05) is 13.0 Å². The Kier molecular flexibility index (Phi) is 8.87. The van der Waals surface area contributed by atoms with Gasteiger partial charge in [0.25, 0.3) is 0 Å². The Balaban J connectivity index is 1.93. The van der Waals surface area contributed by atoms with Gasteiger partial charge in [0.2, 0.25) is 0 Å². The molecule has 1 aromatic heterocycles. The zero-order valence-corrected chi connectivity index (χ0v) is 18.6. The van der Waals surface area contributed by atoms with Crippen molar-refractivity contribution in [3.8, 4) is 0 Å². The molecule has 11 heteroatoms. The number of carbonyl (C=O) groups excluding carboxylic acids is 1. The molecule has 0 radical (unpaired) electrons. The highest BCUT2D eigenvalue weighted by Crippen LogP contribution is 2.19. The lowest BCUT2D eigenvalue weighted by Gasteiger charge is -2.19. The van der Waals surface area contributed by atoms with Crippen LogP contribution in [0.15, 0.2) is 36.5 Å². The van der Waals surface area contributed by atoms with Gasteiger partial charge in [-0.3, -0.25) is 10.2 Å². The maximum absolute atomic E-state index is 14.2. The molecule has 9 nitrogen and oxygen atoms in total. The number of urea groups is 1. The minimum atomic E-state index is -3.07. The number of rotatable bonds is 10. The van der Waals surface area contributed by atoms with Gasteiger partial charge in [0.1, 0.15) is 5.82 Å². The molecule has 1 heterocycles. The summed E-state index contributed by atoms with van der Waals surface area (Å²) in [6.07, 6.45) is 1.33. The summed E-state index contributed by atoms with van der Waals surface area (Å²) >= 11 is 0. The maximum Gasteiger partial charge on any atom is 0.350 e. The Bertz CT molecular complexity index is 986. The molecule has 0 aliphatic rings. The van der Waals surface area contributed by atoms with E-state index in [9.17, 15) is 22.8 Å². The summed E-state index contributed by atoms with van der Waals surface area (Å²) in [5, 5.41) is 15.6. The molecule has 0 aliphatic heterocycles.